The number of pyridine rings is 1. The Morgan fingerprint density at radius 1 is 1.34 bits per heavy atom. The molecule has 1 amide bonds. The van der Waals surface area contributed by atoms with Gasteiger partial charge in [0.1, 0.15) is 23.7 Å². The van der Waals surface area contributed by atoms with E-state index in [0.717, 1.165) is 32.7 Å². The van der Waals surface area contributed by atoms with E-state index in [1.807, 2.05) is 25.1 Å². The van der Waals surface area contributed by atoms with Crippen molar-refractivity contribution in [2.75, 3.05) is 18.6 Å². The Morgan fingerprint density at radius 2 is 2.10 bits per heavy atom. The van der Waals surface area contributed by atoms with Gasteiger partial charge in [0.15, 0.2) is 0 Å². The molecule has 3 aromatic rings. The van der Waals surface area contributed by atoms with Gasteiger partial charge in [0.25, 0.3) is 0 Å². The number of anilines is 1. The van der Waals surface area contributed by atoms with Crippen LogP contribution in [0.3, 0.4) is 0 Å². The van der Waals surface area contributed by atoms with E-state index >= 15 is 0 Å². The molecule has 3 N–H and O–H groups in total. The fourth-order valence-corrected chi connectivity index (χ4v) is 4.21. The minimum Gasteiger partial charge on any atom is -0.489 e. The summed E-state index contributed by atoms with van der Waals surface area (Å²) in [4.78, 5) is 20.9. The van der Waals surface area contributed by atoms with Crippen molar-refractivity contribution in [1.29, 1.82) is 0 Å². The fraction of sp³-hybridized carbons (Fsp3) is 0.381. The van der Waals surface area contributed by atoms with Gasteiger partial charge in [0, 0.05) is 24.3 Å². The molecule has 3 rings (SSSR count). The first-order chi connectivity index (χ1) is 13.7. The standard InChI is InChI=1S/C21H26N4O3S/c1-13(2)10-21(3,22)11-28-16-6-5-15(19-18(16)24-12-29-19)14-7-8-23-17(9-14)25(4)20(26)27/h5-9,12-13H,10-11,22H2,1-4H3,(H,26,27). The summed E-state index contributed by atoms with van der Waals surface area (Å²) in [5.41, 5.74) is 10.3. The molecule has 0 spiro atoms. The summed E-state index contributed by atoms with van der Waals surface area (Å²) in [7, 11) is 1.47. The summed E-state index contributed by atoms with van der Waals surface area (Å²) in [5, 5.41) is 9.20. The Hall–Kier alpha value is -2.71. The molecule has 0 radical (unpaired) electrons. The van der Waals surface area contributed by atoms with Gasteiger partial charge in [-0.25, -0.2) is 14.8 Å². The molecular formula is C21H26N4O3S. The lowest BCUT2D eigenvalue weighted by Crippen LogP contribution is -2.43. The molecule has 0 saturated heterocycles. The van der Waals surface area contributed by atoms with Gasteiger partial charge < -0.3 is 15.6 Å². The molecule has 0 aliphatic rings. The van der Waals surface area contributed by atoms with Crippen molar-refractivity contribution in [3.8, 4) is 16.9 Å². The molecule has 2 aromatic heterocycles. The Morgan fingerprint density at radius 3 is 2.79 bits per heavy atom. The van der Waals surface area contributed by atoms with Gasteiger partial charge in [-0.1, -0.05) is 13.8 Å². The second-order valence-electron chi connectivity index (χ2n) is 7.93. The zero-order chi connectivity index (χ0) is 21.2. The summed E-state index contributed by atoms with van der Waals surface area (Å²) in [6, 6.07) is 7.46. The summed E-state index contributed by atoms with van der Waals surface area (Å²) in [6.07, 6.45) is 1.41. The minimum atomic E-state index is -1.06. The third-order valence-electron chi connectivity index (χ3n) is 4.57. The first-order valence-electron chi connectivity index (χ1n) is 9.39. The molecule has 8 heteroatoms. The number of carbonyl (C=O) groups is 1. The lowest BCUT2D eigenvalue weighted by molar-refractivity contribution is 0.203. The number of ether oxygens (including phenoxy) is 1. The number of hydrogen-bond acceptors (Lipinski definition) is 6. The average molecular weight is 415 g/mol. The Kier molecular flexibility index (Phi) is 6.04. The number of fused-ring (bicyclic) bond motifs is 1. The Labute approximate surface area is 174 Å². The smallest absolute Gasteiger partial charge is 0.412 e. The summed E-state index contributed by atoms with van der Waals surface area (Å²) >= 11 is 1.51. The molecule has 154 valence electrons. The normalized spacial score (nSPS) is 13.4. The van der Waals surface area contributed by atoms with E-state index in [-0.39, 0.29) is 0 Å². The maximum absolute atomic E-state index is 11.2. The van der Waals surface area contributed by atoms with Crippen LogP contribution in [0.1, 0.15) is 27.2 Å². The molecule has 29 heavy (non-hydrogen) atoms. The summed E-state index contributed by atoms with van der Waals surface area (Å²) in [6.45, 7) is 6.68. The highest BCUT2D eigenvalue weighted by Gasteiger charge is 2.22. The van der Waals surface area contributed by atoms with Crippen LogP contribution in [0.5, 0.6) is 5.75 Å². The molecule has 1 aromatic carbocycles. The highest BCUT2D eigenvalue weighted by molar-refractivity contribution is 7.17. The second-order valence-corrected chi connectivity index (χ2v) is 8.78. The summed E-state index contributed by atoms with van der Waals surface area (Å²) < 4.78 is 7.02. The van der Waals surface area contributed by atoms with Crippen molar-refractivity contribution in [3.05, 3.63) is 36.0 Å². The number of hydrogen-bond donors (Lipinski definition) is 2. The summed E-state index contributed by atoms with van der Waals surface area (Å²) in [5.74, 6) is 1.54. The van der Waals surface area contributed by atoms with Crippen LogP contribution < -0.4 is 15.4 Å². The number of carboxylic acid groups (broad SMARTS) is 1. The lowest BCUT2D eigenvalue weighted by Gasteiger charge is -2.26. The first kappa shape index (κ1) is 21.0. The van der Waals surface area contributed by atoms with E-state index in [1.165, 1.54) is 18.4 Å². The van der Waals surface area contributed by atoms with Crippen LogP contribution in [0.2, 0.25) is 0 Å². The first-order valence-corrected chi connectivity index (χ1v) is 10.3. The number of thiazole rings is 1. The highest BCUT2D eigenvalue weighted by Crippen LogP contribution is 2.37. The molecule has 0 fully saturated rings. The number of nitrogens with zero attached hydrogens (tertiary/aromatic N) is 3. The van der Waals surface area contributed by atoms with Gasteiger partial charge >= 0.3 is 6.09 Å². The van der Waals surface area contributed by atoms with Crippen molar-refractivity contribution in [2.24, 2.45) is 11.7 Å². The zero-order valence-electron chi connectivity index (χ0n) is 17.0. The van der Waals surface area contributed by atoms with Gasteiger partial charge in [0.05, 0.1) is 10.2 Å². The molecule has 0 aliphatic carbocycles. The van der Waals surface area contributed by atoms with Crippen molar-refractivity contribution >= 4 is 33.5 Å². The topological polar surface area (TPSA) is 102 Å². The van der Waals surface area contributed by atoms with E-state index < -0.39 is 11.6 Å². The maximum atomic E-state index is 11.2. The zero-order valence-corrected chi connectivity index (χ0v) is 17.9. The largest absolute Gasteiger partial charge is 0.489 e. The Bertz CT molecular complexity index is 1020. The molecule has 1 unspecified atom stereocenters. The molecule has 2 heterocycles. The third kappa shape index (κ3) is 4.83. The molecule has 0 bridgehead atoms. The van der Waals surface area contributed by atoms with Crippen molar-refractivity contribution < 1.29 is 14.6 Å². The second kappa shape index (κ2) is 8.34. The highest BCUT2D eigenvalue weighted by atomic mass is 32.1. The van der Waals surface area contributed by atoms with Crippen LogP contribution in [0, 0.1) is 5.92 Å². The Balaban J connectivity index is 1.92. The van der Waals surface area contributed by atoms with Crippen molar-refractivity contribution in [3.63, 3.8) is 0 Å². The minimum absolute atomic E-state index is 0.362. The van der Waals surface area contributed by atoms with Crippen LogP contribution in [0.4, 0.5) is 10.6 Å². The van der Waals surface area contributed by atoms with E-state index in [1.54, 1.807) is 17.8 Å². The quantitative estimate of drug-likeness (QED) is 0.585. The molecule has 0 aliphatic heterocycles. The molecule has 7 nitrogen and oxygen atoms in total. The predicted molar refractivity (Wildman–Crippen MR) is 117 cm³/mol. The van der Waals surface area contributed by atoms with Crippen LogP contribution in [0.15, 0.2) is 36.0 Å². The number of aromatic nitrogens is 2. The van der Waals surface area contributed by atoms with Gasteiger partial charge in [-0.05, 0) is 49.1 Å². The number of amides is 1. The van der Waals surface area contributed by atoms with Gasteiger partial charge in [-0.3, -0.25) is 4.90 Å². The third-order valence-corrected chi connectivity index (χ3v) is 5.43. The lowest BCUT2D eigenvalue weighted by atomic mass is 9.93. The van der Waals surface area contributed by atoms with Gasteiger partial charge in [-0.2, -0.15) is 0 Å². The number of benzene rings is 1. The van der Waals surface area contributed by atoms with E-state index in [4.69, 9.17) is 10.5 Å². The molecule has 1 atom stereocenters. The number of nitrogens with two attached hydrogens (primary N) is 1. The maximum Gasteiger partial charge on any atom is 0.412 e. The van der Waals surface area contributed by atoms with Crippen molar-refractivity contribution in [2.45, 2.75) is 32.7 Å². The molecule has 0 saturated carbocycles. The van der Waals surface area contributed by atoms with Crippen molar-refractivity contribution in [1.82, 2.24) is 9.97 Å². The van der Waals surface area contributed by atoms with Crippen LogP contribution in [-0.2, 0) is 0 Å². The van der Waals surface area contributed by atoms with E-state index in [2.05, 4.69) is 23.8 Å². The van der Waals surface area contributed by atoms with E-state index in [9.17, 15) is 9.90 Å². The molecular weight excluding hydrogens is 388 g/mol. The predicted octanol–water partition coefficient (Wildman–Crippen LogP) is 4.61. The van der Waals surface area contributed by atoms with Crippen LogP contribution in [-0.4, -0.2) is 40.4 Å². The van der Waals surface area contributed by atoms with Crippen LogP contribution in [0.25, 0.3) is 21.3 Å². The van der Waals surface area contributed by atoms with E-state index in [0.29, 0.717) is 24.1 Å². The monoisotopic (exact) mass is 414 g/mol. The van der Waals surface area contributed by atoms with Crippen LogP contribution >= 0.6 is 11.3 Å². The SMILES string of the molecule is CC(C)CC(C)(N)COc1ccc(-c2ccnc(N(C)C(=O)O)c2)c2scnc12. The number of rotatable bonds is 7. The van der Waals surface area contributed by atoms with Gasteiger partial charge in [-0.15, -0.1) is 11.3 Å². The average Bonchev–Trinajstić information content (AvgIpc) is 3.14. The van der Waals surface area contributed by atoms with Gasteiger partial charge in [0.2, 0.25) is 0 Å². The fourth-order valence-electron chi connectivity index (χ4n) is 3.37.